The van der Waals surface area contributed by atoms with E-state index in [1.165, 1.54) is 0 Å². The fraction of sp³-hybridized carbons (Fsp3) is 0.192. The Kier molecular flexibility index (Phi) is 7.18. The van der Waals surface area contributed by atoms with Gasteiger partial charge >= 0.3 is 11.9 Å². The standard InChI is InChI=1S/C26H25N3O6S/c1-15(2)23(26(31)32)29(36(33)34)20-13-9-18(10-14-20)17-7-11-19(12-8-17)27-24(30)25-28-22-16(3)5-4-6-21(22)35-25/h4-15,23H,1-3H3,(H,27,30)(H,31,32)(H,33,34). The van der Waals surface area contributed by atoms with Gasteiger partial charge in [-0.25, -0.2) is 14.0 Å². The summed E-state index contributed by atoms with van der Waals surface area (Å²) in [4.78, 5) is 28.6. The third-order valence-electron chi connectivity index (χ3n) is 5.72. The summed E-state index contributed by atoms with van der Waals surface area (Å²) in [5.74, 6) is -2.05. The number of aryl methyl sites for hydroxylation is 1. The molecule has 1 aromatic heterocycles. The van der Waals surface area contributed by atoms with Gasteiger partial charge in [-0.15, -0.1) is 0 Å². The Morgan fingerprint density at radius 2 is 1.61 bits per heavy atom. The van der Waals surface area contributed by atoms with Crippen LogP contribution in [-0.2, 0) is 16.1 Å². The van der Waals surface area contributed by atoms with Gasteiger partial charge in [0.1, 0.15) is 11.6 Å². The molecule has 3 aromatic carbocycles. The van der Waals surface area contributed by atoms with Crippen molar-refractivity contribution >= 4 is 45.6 Å². The summed E-state index contributed by atoms with van der Waals surface area (Å²) < 4.78 is 28.2. The molecule has 2 atom stereocenters. The molecule has 0 spiro atoms. The number of aromatic nitrogens is 1. The summed E-state index contributed by atoms with van der Waals surface area (Å²) >= 11 is -2.51. The maximum Gasteiger partial charge on any atom is 0.327 e. The Balaban J connectivity index is 1.50. The number of para-hydroxylation sites is 1. The van der Waals surface area contributed by atoms with Crippen molar-refractivity contribution in [2.75, 3.05) is 9.62 Å². The number of carboxylic acid groups (broad SMARTS) is 1. The first-order chi connectivity index (χ1) is 17.2. The van der Waals surface area contributed by atoms with Crippen LogP contribution in [-0.4, -0.2) is 36.8 Å². The van der Waals surface area contributed by atoms with Crippen molar-refractivity contribution in [3.05, 3.63) is 78.2 Å². The quantitative estimate of drug-likeness (QED) is 0.282. The summed E-state index contributed by atoms with van der Waals surface area (Å²) in [6.45, 7) is 5.25. The lowest BCUT2D eigenvalue weighted by molar-refractivity contribution is -0.139. The zero-order valence-corrected chi connectivity index (χ0v) is 20.7. The number of nitrogens with one attached hydrogen (secondary N) is 1. The van der Waals surface area contributed by atoms with Crippen molar-refractivity contribution in [2.45, 2.75) is 26.8 Å². The molecule has 0 saturated heterocycles. The molecule has 4 aromatic rings. The molecule has 0 aliphatic carbocycles. The van der Waals surface area contributed by atoms with Crippen molar-refractivity contribution in [3.8, 4) is 11.1 Å². The molecule has 36 heavy (non-hydrogen) atoms. The Labute approximate surface area is 210 Å². The summed E-state index contributed by atoms with van der Waals surface area (Å²) in [6, 6.07) is 18.1. The van der Waals surface area contributed by atoms with Gasteiger partial charge in [0.15, 0.2) is 5.58 Å². The molecule has 1 heterocycles. The Morgan fingerprint density at radius 3 is 2.14 bits per heavy atom. The van der Waals surface area contributed by atoms with Gasteiger partial charge in [0.2, 0.25) is 0 Å². The van der Waals surface area contributed by atoms with Gasteiger partial charge in [-0.3, -0.25) is 13.7 Å². The highest BCUT2D eigenvalue weighted by atomic mass is 32.2. The molecule has 0 bridgehead atoms. The SMILES string of the molecule is Cc1cccc2oc(C(=O)Nc3ccc(-c4ccc(N(C(C(=O)O)C(C)C)S(=O)O)cc4)cc3)nc12. The lowest BCUT2D eigenvalue weighted by atomic mass is 10.0. The normalized spacial score (nSPS) is 12.9. The van der Waals surface area contributed by atoms with Gasteiger partial charge in [-0.05, 0) is 59.9 Å². The maximum absolute atomic E-state index is 12.6. The molecule has 0 saturated carbocycles. The zero-order chi connectivity index (χ0) is 26.0. The number of amides is 1. The van der Waals surface area contributed by atoms with E-state index in [1.807, 2.05) is 31.2 Å². The second-order valence-electron chi connectivity index (χ2n) is 8.60. The molecule has 0 radical (unpaired) electrons. The highest BCUT2D eigenvalue weighted by Crippen LogP contribution is 2.28. The molecule has 9 nitrogen and oxygen atoms in total. The van der Waals surface area contributed by atoms with E-state index >= 15 is 0 Å². The van der Waals surface area contributed by atoms with Crippen LogP contribution < -0.4 is 9.62 Å². The topological polar surface area (TPSA) is 133 Å². The third kappa shape index (κ3) is 5.14. The minimum atomic E-state index is -2.51. The average Bonchev–Trinajstić information content (AvgIpc) is 3.28. The smallest absolute Gasteiger partial charge is 0.327 e. The van der Waals surface area contributed by atoms with E-state index in [2.05, 4.69) is 10.3 Å². The van der Waals surface area contributed by atoms with Crippen LogP contribution in [0.1, 0.15) is 30.1 Å². The number of hydrogen-bond acceptors (Lipinski definition) is 5. The molecule has 0 aliphatic heterocycles. The number of aliphatic carboxylic acids is 1. The van der Waals surface area contributed by atoms with Crippen molar-refractivity contribution in [1.82, 2.24) is 4.98 Å². The molecule has 0 aliphatic rings. The predicted molar refractivity (Wildman–Crippen MR) is 138 cm³/mol. The minimum absolute atomic E-state index is 0.0224. The second kappa shape index (κ2) is 10.3. The van der Waals surface area contributed by atoms with E-state index in [4.69, 9.17) is 4.42 Å². The Morgan fingerprint density at radius 1 is 1.00 bits per heavy atom. The van der Waals surface area contributed by atoms with Gasteiger partial charge in [0.25, 0.3) is 17.2 Å². The first-order valence-electron chi connectivity index (χ1n) is 11.2. The fourth-order valence-corrected chi connectivity index (χ4v) is 4.75. The molecule has 3 N–H and O–H groups in total. The number of oxazole rings is 1. The van der Waals surface area contributed by atoms with E-state index < -0.39 is 29.2 Å². The summed E-state index contributed by atoms with van der Waals surface area (Å²) in [7, 11) is 0. The van der Waals surface area contributed by atoms with E-state index in [0.29, 0.717) is 22.5 Å². The molecule has 186 valence electrons. The number of anilines is 2. The lowest BCUT2D eigenvalue weighted by Gasteiger charge is -2.29. The van der Waals surface area contributed by atoms with Gasteiger partial charge in [-0.1, -0.05) is 50.2 Å². The highest BCUT2D eigenvalue weighted by molar-refractivity contribution is 7.80. The van der Waals surface area contributed by atoms with Crippen LogP contribution in [0, 0.1) is 12.8 Å². The fourth-order valence-electron chi connectivity index (χ4n) is 3.92. The molecule has 10 heteroatoms. The first-order valence-corrected chi connectivity index (χ1v) is 12.2. The van der Waals surface area contributed by atoms with Crippen LogP contribution >= 0.6 is 0 Å². The van der Waals surface area contributed by atoms with Crippen LogP contribution in [0.25, 0.3) is 22.2 Å². The van der Waals surface area contributed by atoms with Crippen LogP contribution in [0.15, 0.2) is 71.1 Å². The van der Waals surface area contributed by atoms with Gasteiger partial charge in [0, 0.05) is 5.69 Å². The van der Waals surface area contributed by atoms with Gasteiger partial charge in [0.05, 0.1) is 5.69 Å². The molecular weight excluding hydrogens is 482 g/mol. The Bertz CT molecular complexity index is 1430. The average molecular weight is 508 g/mol. The van der Waals surface area contributed by atoms with Crippen LogP contribution in [0.3, 0.4) is 0 Å². The van der Waals surface area contributed by atoms with Crippen molar-refractivity contribution < 1.29 is 27.9 Å². The number of rotatable bonds is 8. The van der Waals surface area contributed by atoms with Gasteiger partial charge in [-0.2, -0.15) is 0 Å². The maximum atomic E-state index is 12.6. The summed E-state index contributed by atoms with van der Waals surface area (Å²) in [5, 5.41) is 12.3. The van der Waals surface area contributed by atoms with Crippen molar-refractivity contribution in [3.63, 3.8) is 0 Å². The molecule has 4 rings (SSSR count). The van der Waals surface area contributed by atoms with Crippen LogP contribution in [0.4, 0.5) is 11.4 Å². The third-order valence-corrected chi connectivity index (χ3v) is 6.49. The molecule has 2 unspecified atom stereocenters. The number of hydrogen-bond donors (Lipinski definition) is 3. The number of fused-ring (bicyclic) bond motifs is 1. The van der Waals surface area contributed by atoms with Gasteiger partial charge < -0.3 is 14.8 Å². The number of carbonyl (C=O) groups is 2. The monoisotopic (exact) mass is 507 g/mol. The summed E-state index contributed by atoms with van der Waals surface area (Å²) in [5.41, 5.74) is 4.64. The number of carbonyl (C=O) groups excluding carboxylic acids is 1. The molecule has 1 amide bonds. The largest absolute Gasteiger partial charge is 0.480 e. The van der Waals surface area contributed by atoms with E-state index in [-0.39, 0.29) is 11.8 Å². The number of carboxylic acids is 1. The second-order valence-corrected chi connectivity index (χ2v) is 9.46. The van der Waals surface area contributed by atoms with E-state index in [0.717, 1.165) is 21.0 Å². The first kappa shape index (κ1) is 25.1. The highest BCUT2D eigenvalue weighted by Gasteiger charge is 2.32. The zero-order valence-electron chi connectivity index (χ0n) is 19.8. The number of benzene rings is 3. The Hall–Kier alpha value is -4.02. The predicted octanol–water partition coefficient (Wildman–Crippen LogP) is 5.11. The summed E-state index contributed by atoms with van der Waals surface area (Å²) in [6.07, 6.45) is 0. The van der Waals surface area contributed by atoms with E-state index in [1.54, 1.807) is 56.3 Å². The number of nitrogens with zero attached hydrogens (tertiary/aromatic N) is 2. The van der Waals surface area contributed by atoms with Crippen molar-refractivity contribution in [2.24, 2.45) is 5.92 Å². The molecular formula is C26H25N3O6S. The lowest BCUT2D eigenvalue weighted by Crippen LogP contribution is -2.45. The van der Waals surface area contributed by atoms with Crippen LogP contribution in [0.2, 0.25) is 0 Å². The van der Waals surface area contributed by atoms with Crippen LogP contribution in [0.5, 0.6) is 0 Å². The minimum Gasteiger partial charge on any atom is -0.480 e. The molecule has 0 fully saturated rings. The van der Waals surface area contributed by atoms with E-state index in [9.17, 15) is 23.5 Å². The van der Waals surface area contributed by atoms with Crippen molar-refractivity contribution in [1.29, 1.82) is 0 Å².